The molecule has 0 spiro atoms. The van der Waals surface area contributed by atoms with E-state index in [1.807, 2.05) is 13.0 Å². The molecule has 1 atom stereocenters. The van der Waals surface area contributed by atoms with Gasteiger partial charge in [-0.1, -0.05) is 13.3 Å². The zero-order valence-electron chi connectivity index (χ0n) is 9.98. The molecule has 2 N–H and O–H groups in total. The first kappa shape index (κ1) is 16.5. The van der Waals surface area contributed by atoms with Crippen LogP contribution in [-0.2, 0) is 11.3 Å². The van der Waals surface area contributed by atoms with Gasteiger partial charge in [-0.2, -0.15) is 0 Å². The Morgan fingerprint density at radius 3 is 2.71 bits per heavy atom. The molecule has 1 rings (SSSR count). The van der Waals surface area contributed by atoms with Gasteiger partial charge in [-0.15, -0.1) is 12.4 Å². The number of hydrogen-bond acceptors (Lipinski definition) is 3. The number of carbonyl (C=O) groups is 1. The van der Waals surface area contributed by atoms with Crippen molar-refractivity contribution in [2.24, 2.45) is 5.73 Å². The average Bonchev–Trinajstić information content (AvgIpc) is 2.63. The summed E-state index contributed by atoms with van der Waals surface area (Å²) in [6, 6.07) is 3.23. The van der Waals surface area contributed by atoms with Gasteiger partial charge in [-0.3, -0.25) is 4.79 Å². The standard InChI is InChI=1S/C11H17BrN2O2.ClH/c1-3-4-9(13)11(15)14(2)7-8-5-6-10(12)16-8;/h5-6,9H,3-4,7,13H2,1-2H3;1H. The Balaban J connectivity index is 0.00000256. The third kappa shape index (κ3) is 5.10. The predicted octanol–water partition coefficient (Wildman–Crippen LogP) is 2.55. The highest BCUT2D eigenvalue weighted by Gasteiger charge is 2.18. The van der Waals surface area contributed by atoms with Gasteiger partial charge in [0.1, 0.15) is 5.76 Å². The molecule has 0 aliphatic heterocycles. The Morgan fingerprint density at radius 2 is 2.24 bits per heavy atom. The summed E-state index contributed by atoms with van der Waals surface area (Å²) >= 11 is 3.22. The molecule has 0 aliphatic rings. The van der Waals surface area contributed by atoms with Gasteiger partial charge in [0.25, 0.3) is 0 Å². The monoisotopic (exact) mass is 324 g/mol. The summed E-state index contributed by atoms with van der Waals surface area (Å²) in [6.07, 6.45) is 1.62. The average molecular weight is 326 g/mol. The van der Waals surface area contributed by atoms with E-state index in [4.69, 9.17) is 10.2 Å². The third-order valence-electron chi connectivity index (χ3n) is 2.31. The molecule has 1 unspecified atom stereocenters. The Bertz CT molecular complexity index is 357. The highest BCUT2D eigenvalue weighted by atomic mass is 79.9. The molecule has 0 radical (unpaired) electrons. The first-order chi connectivity index (χ1) is 7.54. The van der Waals surface area contributed by atoms with Crippen molar-refractivity contribution in [2.45, 2.75) is 32.4 Å². The normalized spacial score (nSPS) is 11.8. The van der Waals surface area contributed by atoms with Gasteiger partial charge in [0.2, 0.25) is 5.91 Å². The molecule has 0 aliphatic carbocycles. The van der Waals surface area contributed by atoms with Crippen molar-refractivity contribution in [3.05, 3.63) is 22.6 Å². The van der Waals surface area contributed by atoms with Crippen molar-refractivity contribution < 1.29 is 9.21 Å². The van der Waals surface area contributed by atoms with Crippen molar-refractivity contribution in [3.63, 3.8) is 0 Å². The van der Waals surface area contributed by atoms with Gasteiger partial charge < -0.3 is 15.1 Å². The summed E-state index contributed by atoms with van der Waals surface area (Å²) in [5, 5.41) is 0. The number of rotatable bonds is 5. The molecule has 1 aromatic heterocycles. The Labute approximate surface area is 116 Å². The second-order valence-corrected chi connectivity index (χ2v) is 4.58. The molecular weight excluding hydrogens is 307 g/mol. The number of furan rings is 1. The van der Waals surface area contributed by atoms with Crippen LogP contribution in [-0.4, -0.2) is 23.9 Å². The number of likely N-dealkylation sites (N-methyl/N-ethyl adjacent to an activating group) is 1. The van der Waals surface area contributed by atoms with Crippen molar-refractivity contribution in [1.82, 2.24) is 4.90 Å². The highest BCUT2D eigenvalue weighted by molar-refractivity contribution is 9.10. The van der Waals surface area contributed by atoms with Crippen LogP contribution in [0.3, 0.4) is 0 Å². The molecule has 4 nitrogen and oxygen atoms in total. The van der Waals surface area contributed by atoms with Crippen LogP contribution in [0.2, 0.25) is 0 Å². The van der Waals surface area contributed by atoms with E-state index in [9.17, 15) is 4.79 Å². The van der Waals surface area contributed by atoms with E-state index in [0.717, 1.165) is 12.2 Å². The maximum Gasteiger partial charge on any atom is 0.239 e. The van der Waals surface area contributed by atoms with E-state index in [1.165, 1.54) is 0 Å². The minimum atomic E-state index is -0.409. The number of nitrogens with two attached hydrogens (primary N) is 1. The van der Waals surface area contributed by atoms with Crippen LogP contribution < -0.4 is 5.73 Å². The first-order valence-corrected chi connectivity index (χ1v) is 6.08. The second kappa shape index (κ2) is 7.74. The number of hydrogen-bond donors (Lipinski definition) is 1. The summed E-state index contributed by atoms with van der Waals surface area (Å²) in [5.41, 5.74) is 5.76. The van der Waals surface area contributed by atoms with Crippen LogP contribution in [0.5, 0.6) is 0 Å². The lowest BCUT2D eigenvalue weighted by Crippen LogP contribution is -2.41. The Kier molecular flexibility index (Phi) is 7.50. The second-order valence-electron chi connectivity index (χ2n) is 3.80. The Hall–Kier alpha value is -0.520. The molecule has 6 heteroatoms. The fraction of sp³-hybridized carbons (Fsp3) is 0.545. The van der Waals surface area contributed by atoms with Gasteiger partial charge in [0.05, 0.1) is 12.6 Å². The van der Waals surface area contributed by atoms with Crippen molar-refractivity contribution in [1.29, 1.82) is 0 Å². The van der Waals surface area contributed by atoms with E-state index in [0.29, 0.717) is 17.6 Å². The maximum atomic E-state index is 11.8. The van der Waals surface area contributed by atoms with Gasteiger partial charge in [0, 0.05) is 7.05 Å². The summed E-state index contributed by atoms with van der Waals surface area (Å²) in [6.45, 7) is 2.46. The van der Waals surface area contributed by atoms with E-state index < -0.39 is 6.04 Å². The number of halogens is 2. The molecule has 0 saturated carbocycles. The van der Waals surface area contributed by atoms with Gasteiger partial charge in [-0.05, 0) is 34.5 Å². The molecule has 0 fully saturated rings. The fourth-order valence-electron chi connectivity index (χ4n) is 1.47. The number of carbonyl (C=O) groups excluding carboxylic acids is 1. The molecule has 0 aromatic carbocycles. The Morgan fingerprint density at radius 1 is 1.59 bits per heavy atom. The molecular formula is C11H18BrClN2O2. The SMILES string of the molecule is CCCC(N)C(=O)N(C)Cc1ccc(Br)o1.Cl. The minimum absolute atomic E-state index is 0. The largest absolute Gasteiger partial charge is 0.452 e. The minimum Gasteiger partial charge on any atom is -0.452 e. The van der Waals surface area contributed by atoms with Crippen molar-refractivity contribution in [3.8, 4) is 0 Å². The lowest BCUT2D eigenvalue weighted by Gasteiger charge is -2.19. The molecule has 1 aromatic rings. The van der Waals surface area contributed by atoms with Crippen LogP contribution >= 0.6 is 28.3 Å². The predicted molar refractivity (Wildman–Crippen MR) is 73.0 cm³/mol. The van der Waals surface area contributed by atoms with Gasteiger partial charge in [0.15, 0.2) is 4.67 Å². The molecule has 0 saturated heterocycles. The van der Waals surface area contributed by atoms with E-state index in [2.05, 4.69) is 15.9 Å². The summed E-state index contributed by atoms with van der Waals surface area (Å²) in [5.74, 6) is 0.695. The van der Waals surface area contributed by atoms with Crippen LogP contribution in [0.25, 0.3) is 0 Å². The zero-order valence-corrected chi connectivity index (χ0v) is 12.4. The lowest BCUT2D eigenvalue weighted by atomic mass is 10.1. The zero-order chi connectivity index (χ0) is 12.1. The molecule has 0 bridgehead atoms. The first-order valence-electron chi connectivity index (χ1n) is 5.29. The van der Waals surface area contributed by atoms with Crippen LogP contribution in [0.4, 0.5) is 0 Å². The van der Waals surface area contributed by atoms with Gasteiger partial charge >= 0.3 is 0 Å². The molecule has 1 amide bonds. The van der Waals surface area contributed by atoms with E-state index >= 15 is 0 Å². The maximum absolute atomic E-state index is 11.8. The lowest BCUT2D eigenvalue weighted by molar-refractivity contribution is -0.132. The summed E-state index contributed by atoms with van der Waals surface area (Å²) in [4.78, 5) is 13.4. The van der Waals surface area contributed by atoms with E-state index in [-0.39, 0.29) is 18.3 Å². The van der Waals surface area contributed by atoms with Crippen LogP contribution in [0.1, 0.15) is 25.5 Å². The quantitative estimate of drug-likeness (QED) is 0.905. The van der Waals surface area contributed by atoms with Crippen molar-refractivity contribution >= 4 is 34.2 Å². The topological polar surface area (TPSA) is 59.5 Å². The van der Waals surface area contributed by atoms with E-state index in [1.54, 1.807) is 18.0 Å². The fourth-order valence-corrected chi connectivity index (χ4v) is 1.81. The van der Waals surface area contributed by atoms with Crippen LogP contribution in [0, 0.1) is 0 Å². The third-order valence-corrected chi connectivity index (χ3v) is 2.74. The summed E-state index contributed by atoms with van der Waals surface area (Å²) in [7, 11) is 1.73. The number of nitrogens with zero attached hydrogens (tertiary/aromatic N) is 1. The van der Waals surface area contributed by atoms with Crippen LogP contribution in [0.15, 0.2) is 21.2 Å². The highest BCUT2D eigenvalue weighted by Crippen LogP contribution is 2.15. The number of amides is 1. The smallest absolute Gasteiger partial charge is 0.239 e. The summed E-state index contributed by atoms with van der Waals surface area (Å²) < 4.78 is 5.99. The van der Waals surface area contributed by atoms with Gasteiger partial charge in [-0.25, -0.2) is 0 Å². The molecule has 17 heavy (non-hydrogen) atoms. The molecule has 98 valence electrons. The molecule has 1 heterocycles. The van der Waals surface area contributed by atoms with Crippen molar-refractivity contribution in [2.75, 3.05) is 7.05 Å².